The molecule has 1 heterocycles. The number of carbonyl (C=O) groups is 1. The van der Waals surface area contributed by atoms with Crippen LogP contribution in [0.4, 0.5) is 0 Å². The van der Waals surface area contributed by atoms with Crippen molar-refractivity contribution in [1.29, 1.82) is 0 Å². The molecule has 1 rings (SSSR count). The van der Waals surface area contributed by atoms with Crippen LogP contribution >= 0.6 is 0 Å². The Balaban J connectivity index is 2.58. The van der Waals surface area contributed by atoms with Gasteiger partial charge in [0.1, 0.15) is 0 Å². The third-order valence-corrected chi connectivity index (χ3v) is 1.19. The molecule has 0 saturated carbocycles. The Morgan fingerprint density at radius 3 is 3.00 bits per heavy atom. The Bertz CT molecular complexity index is 235. The SMILES string of the molecule is COC(=O)C[n+]1ccccn1. The fourth-order valence-electron chi connectivity index (χ4n) is 0.652. The zero-order valence-corrected chi connectivity index (χ0v) is 6.23. The number of hydrogen-bond donors (Lipinski definition) is 0. The highest BCUT2D eigenvalue weighted by molar-refractivity contribution is 5.67. The molecule has 0 unspecified atom stereocenters. The normalized spacial score (nSPS) is 9.18. The summed E-state index contributed by atoms with van der Waals surface area (Å²) in [6.07, 6.45) is 3.32. The van der Waals surface area contributed by atoms with Gasteiger partial charge in [-0.05, 0) is 11.2 Å². The van der Waals surface area contributed by atoms with Crippen molar-refractivity contribution in [3.05, 3.63) is 24.5 Å². The molecule has 0 amide bonds. The van der Waals surface area contributed by atoms with Crippen molar-refractivity contribution in [2.24, 2.45) is 0 Å². The van der Waals surface area contributed by atoms with Crippen LogP contribution < -0.4 is 4.68 Å². The Morgan fingerprint density at radius 2 is 2.45 bits per heavy atom. The smallest absolute Gasteiger partial charge is 0.374 e. The first-order chi connectivity index (χ1) is 5.33. The van der Waals surface area contributed by atoms with E-state index < -0.39 is 0 Å². The number of carbonyl (C=O) groups excluding carboxylic acids is 1. The van der Waals surface area contributed by atoms with Crippen LogP contribution in [0, 0.1) is 0 Å². The standard InChI is InChI=1S/C7H9N2O2/c1-11-7(10)6-9-5-3-2-4-8-9/h2-5H,6H2,1H3/q+1. The maximum Gasteiger partial charge on any atom is 0.374 e. The molecule has 1 aromatic rings. The quantitative estimate of drug-likeness (QED) is 0.426. The second-order valence-corrected chi connectivity index (χ2v) is 1.97. The highest BCUT2D eigenvalue weighted by atomic mass is 16.5. The number of hydrogen-bond acceptors (Lipinski definition) is 3. The zero-order valence-electron chi connectivity index (χ0n) is 6.23. The highest BCUT2D eigenvalue weighted by Crippen LogP contribution is 1.74. The van der Waals surface area contributed by atoms with Gasteiger partial charge in [0.15, 0.2) is 6.20 Å². The average molecular weight is 153 g/mol. The van der Waals surface area contributed by atoms with E-state index in [1.165, 1.54) is 11.8 Å². The molecule has 0 aliphatic carbocycles. The molecule has 0 aliphatic rings. The van der Waals surface area contributed by atoms with Gasteiger partial charge in [0.2, 0.25) is 0 Å². The molecular formula is C7H9N2O2+. The first-order valence-corrected chi connectivity index (χ1v) is 3.20. The maximum atomic E-state index is 10.7. The van der Waals surface area contributed by atoms with Crippen molar-refractivity contribution >= 4 is 5.97 Å². The van der Waals surface area contributed by atoms with E-state index in [4.69, 9.17) is 0 Å². The number of rotatable bonds is 2. The molecule has 4 heteroatoms. The van der Waals surface area contributed by atoms with Crippen molar-refractivity contribution in [2.75, 3.05) is 7.11 Å². The summed E-state index contributed by atoms with van der Waals surface area (Å²) in [6, 6.07) is 3.59. The Hall–Kier alpha value is -1.45. The van der Waals surface area contributed by atoms with E-state index in [9.17, 15) is 4.79 Å². The van der Waals surface area contributed by atoms with E-state index in [-0.39, 0.29) is 12.5 Å². The number of ether oxygens (including phenoxy) is 1. The molecular weight excluding hydrogens is 144 g/mol. The van der Waals surface area contributed by atoms with Gasteiger partial charge in [-0.2, -0.15) is 0 Å². The zero-order chi connectivity index (χ0) is 8.10. The van der Waals surface area contributed by atoms with E-state index in [2.05, 4.69) is 9.84 Å². The van der Waals surface area contributed by atoms with Crippen LogP contribution in [-0.4, -0.2) is 18.2 Å². The van der Waals surface area contributed by atoms with Gasteiger partial charge in [-0.25, -0.2) is 4.79 Å². The summed E-state index contributed by atoms with van der Waals surface area (Å²) < 4.78 is 5.96. The maximum absolute atomic E-state index is 10.7. The molecule has 0 spiro atoms. The second-order valence-electron chi connectivity index (χ2n) is 1.97. The fraction of sp³-hybridized carbons (Fsp3) is 0.286. The van der Waals surface area contributed by atoms with E-state index in [0.717, 1.165) is 0 Å². The number of nitrogens with zero attached hydrogens (tertiary/aromatic N) is 2. The molecule has 11 heavy (non-hydrogen) atoms. The largest absolute Gasteiger partial charge is 0.464 e. The summed E-state index contributed by atoms with van der Waals surface area (Å²) in [5, 5.41) is 3.88. The van der Waals surface area contributed by atoms with Gasteiger partial charge in [-0.15, -0.1) is 0 Å². The first kappa shape index (κ1) is 7.65. The molecule has 0 bridgehead atoms. The fourth-order valence-corrected chi connectivity index (χ4v) is 0.652. The summed E-state index contributed by atoms with van der Waals surface area (Å²) >= 11 is 0. The van der Waals surface area contributed by atoms with Crippen molar-refractivity contribution in [1.82, 2.24) is 5.10 Å². The van der Waals surface area contributed by atoms with Gasteiger partial charge in [0, 0.05) is 6.07 Å². The monoisotopic (exact) mass is 153 g/mol. The highest BCUT2D eigenvalue weighted by Gasteiger charge is 2.08. The molecule has 1 aromatic heterocycles. The minimum absolute atomic E-state index is 0.164. The average Bonchev–Trinajstić information content (AvgIpc) is 2.06. The van der Waals surface area contributed by atoms with Gasteiger partial charge in [-0.3, -0.25) is 0 Å². The number of esters is 1. The number of methoxy groups -OCH3 is 1. The molecule has 0 radical (unpaired) electrons. The van der Waals surface area contributed by atoms with Gasteiger partial charge in [0.05, 0.1) is 13.3 Å². The van der Waals surface area contributed by atoms with Crippen molar-refractivity contribution in [3.63, 3.8) is 0 Å². The minimum Gasteiger partial charge on any atom is -0.464 e. The molecule has 0 saturated heterocycles. The topological polar surface area (TPSA) is 43.1 Å². The van der Waals surface area contributed by atoms with Crippen molar-refractivity contribution in [3.8, 4) is 0 Å². The Morgan fingerprint density at radius 1 is 1.64 bits per heavy atom. The molecule has 0 fully saturated rings. The summed E-state index contributed by atoms with van der Waals surface area (Å²) in [5.41, 5.74) is 0. The van der Waals surface area contributed by atoms with Crippen molar-refractivity contribution < 1.29 is 14.2 Å². The molecule has 0 N–H and O–H groups in total. The minimum atomic E-state index is -0.297. The number of aromatic nitrogens is 2. The molecule has 58 valence electrons. The van der Waals surface area contributed by atoms with E-state index >= 15 is 0 Å². The molecule has 4 nitrogen and oxygen atoms in total. The summed E-state index contributed by atoms with van der Waals surface area (Å²) in [7, 11) is 1.35. The molecule has 0 atom stereocenters. The lowest BCUT2D eigenvalue weighted by Crippen LogP contribution is -2.41. The lowest BCUT2D eigenvalue weighted by molar-refractivity contribution is -0.743. The third-order valence-electron chi connectivity index (χ3n) is 1.19. The van der Waals surface area contributed by atoms with Crippen LogP contribution in [0.5, 0.6) is 0 Å². The van der Waals surface area contributed by atoms with E-state index in [0.29, 0.717) is 0 Å². The summed E-state index contributed by atoms with van der Waals surface area (Å²) in [6.45, 7) is 0.164. The van der Waals surface area contributed by atoms with Crippen LogP contribution in [0.3, 0.4) is 0 Å². The Labute approximate surface area is 64.4 Å². The van der Waals surface area contributed by atoms with Crippen molar-refractivity contribution in [2.45, 2.75) is 6.54 Å². The first-order valence-electron chi connectivity index (χ1n) is 3.20. The third kappa shape index (κ3) is 2.33. The summed E-state index contributed by atoms with van der Waals surface area (Å²) in [4.78, 5) is 10.7. The van der Waals surface area contributed by atoms with Crippen LogP contribution in [0.2, 0.25) is 0 Å². The lowest BCUT2D eigenvalue weighted by atomic mass is 10.6. The molecule has 0 aromatic carbocycles. The predicted molar refractivity (Wildman–Crippen MR) is 36.4 cm³/mol. The van der Waals surface area contributed by atoms with Gasteiger partial charge < -0.3 is 4.74 Å². The van der Waals surface area contributed by atoms with Gasteiger partial charge >= 0.3 is 5.97 Å². The predicted octanol–water partition coefficient (Wildman–Crippen LogP) is -0.458. The van der Waals surface area contributed by atoms with Gasteiger partial charge in [0.25, 0.3) is 6.54 Å². The van der Waals surface area contributed by atoms with E-state index in [1.54, 1.807) is 24.5 Å². The van der Waals surface area contributed by atoms with Gasteiger partial charge in [-0.1, -0.05) is 4.68 Å². The van der Waals surface area contributed by atoms with Crippen LogP contribution in [0.25, 0.3) is 0 Å². The van der Waals surface area contributed by atoms with E-state index in [1.807, 2.05) is 0 Å². The lowest BCUT2D eigenvalue weighted by Gasteiger charge is -1.91. The summed E-state index contributed by atoms with van der Waals surface area (Å²) in [5.74, 6) is -0.297. The van der Waals surface area contributed by atoms with Crippen LogP contribution in [0.15, 0.2) is 24.5 Å². The van der Waals surface area contributed by atoms with Crippen LogP contribution in [-0.2, 0) is 16.1 Å². The second kappa shape index (κ2) is 3.65. The molecule has 0 aliphatic heterocycles. The van der Waals surface area contributed by atoms with Crippen LogP contribution in [0.1, 0.15) is 0 Å². The Kier molecular flexibility index (Phi) is 2.54.